The van der Waals surface area contributed by atoms with E-state index in [0.29, 0.717) is 0 Å². The van der Waals surface area contributed by atoms with Crippen LogP contribution in [0.1, 0.15) is 22.8 Å². The summed E-state index contributed by atoms with van der Waals surface area (Å²) in [6.45, 7) is 2.09. The molecule has 2 heterocycles. The highest BCUT2D eigenvalue weighted by atomic mass is 16.2. The minimum absolute atomic E-state index is 0.0514. The van der Waals surface area contributed by atoms with E-state index in [1.807, 2.05) is 36.1 Å². The number of Topliss-reactive ketones (excluding diaryl/α,β-unsaturated/α-hetero) is 1. The summed E-state index contributed by atoms with van der Waals surface area (Å²) >= 11 is 0. The third kappa shape index (κ3) is 2.33. The number of carbonyl (C=O) groups is 1. The van der Waals surface area contributed by atoms with Crippen LogP contribution in [0.4, 0.5) is 11.5 Å². The molecule has 7 nitrogen and oxygen atoms in total. The molecule has 0 amide bonds. The molecule has 24 heavy (non-hydrogen) atoms. The number of rotatable bonds is 3. The van der Waals surface area contributed by atoms with Crippen LogP contribution in [0.2, 0.25) is 0 Å². The van der Waals surface area contributed by atoms with Crippen molar-refractivity contribution in [1.29, 1.82) is 0 Å². The Morgan fingerprint density at radius 2 is 1.88 bits per heavy atom. The zero-order valence-electron chi connectivity index (χ0n) is 13.9. The zero-order chi connectivity index (χ0) is 17.6. The fourth-order valence-corrected chi connectivity index (χ4v) is 3.23. The lowest BCUT2D eigenvalue weighted by molar-refractivity contribution is 0.0995. The molecular weight excluding hydrogens is 308 g/mol. The van der Waals surface area contributed by atoms with Gasteiger partial charge in [-0.1, -0.05) is 18.2 Å². The van der Waals surface area contributed by atoms with Crippen LogP contribution in [0, 0.1) is 0 Å². The SMILES string of the molecule is C[C@@H]1Cc2ccccc2N1CC(=O)c1c(N)n(C)c(=O)n(C)c1=O. The lowest BCUT2D eigenvalue weighted by atomic mass is 10.1. The molecule has 1 aromatic carbocycles. The highest BCUT2D eigenvalue weighted by Crippen LogP contribution is 2.31. The van der Waals surface area contributed by atoms with Gasteiger partial charge in [-0.2, -0.15) is 0 Å². The monoisotopic (exact) mass is 328 g/mol. The number of hydrogen-bond acceptors (Lipinski definition) is 5. The molecule has 0 bridgehead atoms. The Hall–Kier alpha value is -2.83. The summed E-state index contributed by atoms with van der Waals surface area (Å²) in [5.74, 6) is -0.472. The van der Waals surface area contributed by atoms with Gasteiger partial charge >= 0.3 is 5.69 Å². The van der Waals surface area contributed by atoms with Gasteiger partial charge in [0.15, 0.2) is 5.78 Å². The van der Waals surface area contributed by atoms with Crippen LogP contribution in [-0.4, -0.2) is 27.5 Å². The number of aromatic nitrogens is 2. The van der Waals surface area contributed by atoms with E-state index in [0.717, 1.165) is 21.2 Å². The van der Waals surface area contributed by atoms with Gasteiger partial charge < -0.3 is 10.6 Å². The topological polar surface area (TPSA) is 90.3 Å². The number of hydrogen-bond donors (Lipinski definition) is 1. The van der Waals surface area contributed by atoms with Crippen LogP contribution in [-0.2, 0) is 20.5 Å². The Morgan fingerprint density at radius 3 is 2.58 bits per heavy atom. The van der Waals surface area contributed by atoms with E-state index in [2.05, 4.69) is 0 Å². The second-order valence-electron chi connectivity index (χ2n) is 6.20. The number of nitrogen functional groups attached to an aromatic ring is 1. The lowest BCUT2D eigenvalue weighted by Crippen LogP contribution is -2.44. The van der Waals surface area contributed by atoms with Crippen molar-refractivity contribution < 1.29 is 4.79 Å². The molecule has 0 radical (unpaired) electrons. The predicted molar refractivity (Wildman–Crippen MR) is 92.6 cm³/mol. The molecule has 3 rings (SSSR count). The van der Waals surface area contributed by atoms with Crippen LogP contribution in [0.25, 0.3) is 0 Å². The van der Waals surface area contributed by atoms with E-state index in [-0.39, 0.29) is 29.8 Å². The Balaban J connectivity index is 2.01. The predicted octanol–water partition coefficient (Wildman–Crippen LogP) is 0.300. The number of benzene rings is 1. The summed E-state index contributed by atoms with van der Waals surface area (Å²) < 4.78 is 2.03. The fraction of sp³-hybridized carbons (Fsp3) is 0.353. The first-order valence-corrected chi connectivity index (χ1v) is 7.76. The average Bonchev–Trinajstić information content (AvgIpc) is 2.87. The van der Waals surface area contributed by atoms with Crippen molar-refractivity contribution in [2.45, 2.75) is 19.4 Å². The third-order valence-corrected chi connectivity index (χ3v) is 4.65. The number of nitrogens with zero attached hydrogens (tertiary/aromatic N) is 3. The van der Waals surface area contributed by atoms with Gasteiger partial charge in [-0.25, -0.2) is 4.79 Å². The molecule has 0 saturated heterocycles. The highest BCUT2D eigenvalue weighted by molar-refractivity contribution is 6.02. The molecule has 0 spiro atoms. The Labute approximate surface area is 138 Å². The number of ketones is 1. The quantitative estimate of drug-likeness (QED) is 0.819. The molecule has 1 aromatic heterocycles. The first kappa shape index (κ1) is 16.0. The third-order valence-electron chi connectivity index (χ3n) is 4.65. The first-order chi connectivity index (χ1) is 11.3. The van der Waals surface area contributed by atoms with Gasteiger partial charge in [-0.05, 0) is 25.0 Å². The van der Waals surface area contributed by atoms with Crippen molar-refractivity contribution in [2.75, 3.05) is 17.2 Å². The van der Waals surface area contributed by atoms with Crippen molar-refractivity contribution in [3.05, 3.63) is 56.2 Å². The van der Waals surface area contributed by atoms with Gasteiger partial charge in [0, 0.05) is 25.8 Å². The number of para-hydroxylation sites is 1. The minimum atomic E-state index is -0.652. The van der Waals surface area contributed by atoms with Crippen molar-refractivity contribution in [3.63, 3.8) is 0 Å². The normalized spacial score (nSPS) is 16.3. The van der Waals surface area contributed by atoms with E-state index in [4.69, 9.17) is 5.73 Å². The molecule has 0 saturated carbocycles. The summed E-state index contributed by atoms with van der Waals surface area (Å²) in [6.07, 6.45) is 0.851. The van der Waals surface area contributed by atoms with E-state index < -0.39 is 11.2 Å². The number of carbonyl (C=O) groups excluding carboxylic acids is 1. The minimum Gasteiger partial charge on any atom is -0.384 e. The fourth-order valence-electron chi connectivity index (χ4n) is 3.23. The largest absolute Gasteiger partial charge is 0.384 e. The summed E-state index contributed by atoms with van der Waals surface area (Å²) in [5, 5.41) is 0. The second-order valence-corrected chi connectivity index (χ2v) is 6.20. The maximum Gasteiger partial charge on any atom is 0.332 e. The van der Waals surface area contributed by atoms with E-state index in [1.165, 1.54) is 19.7 Å². The van der Waals surface area contributed by atoms with Gasteiger partial charge in [0.1, 0.15) is 11.4 Å². The molecule has 1 atom stereocenters. The first-order valence-electron chi connectivity index (χ1n) is 7.76. The molecule has 2 aromatic rings. The van der Waals surface area contributed by atoms with E-state index in [1.54, 1.807) is 0 Å². The van der Waals surface area contributed by atoms with Crippen LogP contribution < -0.4 is 21.9 Å². The molecular formula is C17H20N4O3. The molecule has 0 unspecified atom stereocenters. The molecule has 2 N–H and O–H groups in total. The smallest absolute Gasteiger partial charge is 0.332 e. The number of fused-ring (bicyclic) bond motifs is 1. The average molecular weight is 328 g/mol. The van der Waals surface area contributed by atoms with Gasteiger partial charge in [-0.15, -0.1) is 0 Å². The van der Waals surface area contributed by atoms with Gasteiger partial charge in [0.25, 0.3) is 5.56 Å². The molecule has 0 fully saturated rings. The Kier molecular flexibility index (Phi) is 3.79. The lowest BCUT2D eigenvalue weighted by Gasteiger charge is -2.24. The van der Waals surface area contributed by atoms with Gasteiger partial charge in [0.2, 0.25) is 0 Å². The van der Waals surface area contributed by atoms with Crippen molar-refractivity contribution in [3.8, 4) is 0 Å². The molecule has 1 aliphatic heterocycles. The van der Waals surface area contributed by atoms with Crippen LogP contribution >= 0.6 is 0 Å². The number of anilines is 2. The van der Waals surface area contributed by atoms with Crippen LogP contribution in [0.15, 0.2) is 33.9 Å². The zero-order valence-corrected chi connectivity index (χ0v) is 13.9. The molecule has 0 aliphatic carbocycles. The van der Waals surface area contributed by atoms with Crippen molar-refractivity contribution in [1.82, 2.24) is 9.13 Å². The maximum absolute atomic E-state index is 12.8. The van der Waals surface area contributed by atoms with Crippen molar-refractivity contribution >= 4 is 17.3 Å². The summed E-state index contributed by atoms with van der Waals surface area (Å²) in [4.78, 5) is 38.9. The van der Waals surface area contributed by atoms with Gasteiger partial charge in [-0.3, -0.25) is 18.7 Å². The van der Waals surface area contributed by atoms with Crippen LogP contribution in [0.3, 0.4) is 0 Å². The Morgan fingerprint density at radius 1 is 1.21 bits per heavy atom. The highest BCUT2D eigenvalue weighted by Gasteiger charge is 2.29. The second kappa shape index (κ2) is 5.67. The van der Waals surface area contributed by atoms with E-state index in [9.17, 15) is 14.4 Å². The summed E-state index contributed by atoms with van der Waals surface area (Å²) in [7, 11) is 2.79. The molecule has 1 aliphatic rings. The summed E-state index contributed by atoms with van der Waals surface area (Å²) in [5.41, 5.74) is 6.72. The number of nitrogens with two attached hydrogens (primary N) is 1. The molecule has 7 heteroatoms. The van der Waals surface area contributed by atoms with E-state index >= 15 is 0 Å². The van der Waals surface area contributed by atoms with Gasteiger partial charge in [0.05, 0.1) is 6.54 Å². The standard InChI is InChI=1S/C17H20N4O3/c1-10-8-11-6-4-5-7-12(11)21(10)9-13(22)14-15(18)19(2)17(24)20(3)16(14)23/h4-7,10H,8-9,18H2,1-3H3/t10-/m1/s1. The summed E-state index contributed by atoms with van der Waals surface area (Å²) in [6, 6.07) is 8.06. The van der Waals surface area contributed by atoms with Crippen LogP contribution in [0.5, 0.6) is 0 Å². The van der Waals surface area contributed by atoms with Crippen molar-refractivity contribution in [2.24, 2.45) is 14.1 Å². The maximum atomic E-state index is 12.8. The molecule has 126 valence electrons. The Bertz CT molecular complexity index is 942.